The highest BCUT2D eigenvalue weighted by Gasteiger charge is 2.23. The molecule has 4 nitrogen and oxygen atoms in total. The fourth-order valence-electron chi connectivity index (χ4n) is 3.25. The quantitative estimate of drug-likeness (QED) is 0.537. The smallest absolute Gasteiger partial charge is 0.376 e. The number of carbonyl (C=O) groups is 1. The van der Waals surface area contributed by atoms with Gasteiger partial charge < -0.3 is 9.15 Å². The molecule has 0 spiro atoms. The summed E-state index contributed by atoms with van der Waals surface area (Å²) in [6, 6.07) is 28.2. The standard InChI is InChI=1S/C25H19NO3/c1-28-20-14-12-19(13-15-20)24(27)23-21(17-8-4-2-5-9-17)16-22(29-25(23)26)18-10-6-3-7-11-18/h2-16,26H,1H3/p+1. The van der Waals surface area contributed by atoms with Crippen molar-refractivity contribution in [1.29, 1.82) is 0 Å². The van der Waals surface area contributed by atoms with E-state index in [0.717, 1.165) is 16.7 Å². The normalized spacial score (nSPS) is 10.5. The van der Waals surface area contributed by atoms with Crippen LogP contribution in [0, 0.1) is 0 Å². The van der Waals surface area contributed by atoms with Crippen molar-refractivity contribution in [1.82, 2.24) is 0 Å². The van der Waals surface area contributed by atoms with Gasteiger partial charge in [-0.1, -0.05) is 60.7 Å². The van der Waals surface area contributed by atoms with E-state index in [4.69, 9.17) is 14.6 Å². The molecule has 0 saturated carbocycles. The van der Waals surface area contributed by atoms with Gasteiger partial charge in [-0.05, 0) is 35.9 Å². The molecule has 4 aromatic rings. The van der Waals surface area contributed by atoms with Crippen LogP contribution in [0.15, 0.2) is 95.4 Å². The van der Waals surface area contributed by atoms with Gasteiger partial charge in [-0.25, -0.2) is 5.41 Å². The van der Waals surface area contributed by atoms with Crippen molar-refractivity contribution in [2.75, 3.05) is 7.11 Å². The number of nitrogens with two attached hydrogens (primary N) is 1. The number of carbonyl (C=O) groups excluding carboxylic acids is 1. The third-order valence-electron chi connectivity index (χ3n) is 4.73. The lowest BCUT2D eigenvalue weighted by Gasteiger charge is -2.10. The maximum absolute atomic E-state index is 13.3. The number of hydrogen-bond acceptors (Lipinski definition) is 3. The Bertz CT molecular complexity index is 1190. The Morgan fingerprint density at radius 1 is 0.828 bits per heavy atom. The highest BCUT2D eigenvalue weighted by molar-refractivity contribution is 6.12. The molecule has 142 valence electrons. The van der Waals surface area contributed by atoms with Gasteiger partial charge in [0.2, 0.25) is 5.78 Å². The molecule has 1 aromatic heterocycles. The lowest BCUT2D eigenvalue weighted by Crippen LogP contribution is -2.48. The summed E-state index contributed by atoms with van der Waals surface area (Å²) in [7, 11) is 1.59. The lowest BCUT2D eigenvalue weighted by molar-refractivity contribution is -0.198. The van der Waals surface area contributed by atoms with Gasteiger partial charge >= 0.3 is 5.55 Å². The van der Waals surface area contributed by atoms with Crippen molar-refractivity contribution in [3.63, 3.8) is 0 Å². The first-order chi connectivity index (χ1) is 14.2. The second-order valence-corrected chi connectivity index (χ2v) is 6.55. The van der Waals surface area contributed by atoms with E-state index in [1.807, 2.05) is 66.7 Å². The summed E-state index contributed by atoms with van der Waals surface area (Å²) in [6.45, 7) is 0. The Hall–Kier alpha value is -3.92. The molecule has 0 bridgehead atoms. The van der Waals surface area contributed by atoms with Crippen LogP contribution in [-0.2, 0) is 0 Å². The topological polar surface area (TPSA) is 65.0 Å². The highest BCUT2D eigenvalue weighted by atomic mass is 16.5. The molecule has 4 rings (SSSR count). The van der Waals surface area contributed by atoms with Crippen LogP contribution >= 0.6 is 0 Å². The van der Waals surface area contributed by atoms with E-state index in [-0.39, 0.29) is 11.3 Å². The SMILES string of the molecule is COc1ccc(C(=O)c2c(-c3ccccc3)cc(-c3ccccc3)oc2=[NH2+])cc1. The Labute approximate surface area is 168 Å². The summed E-state index contributed by atoms with van der Waals surface area (Å²) in [4.78, 5) is 13.3. The summed E-state index contributed by atoms with van der Waals surface area (Å²) >= 11 is 0. The molecule has 0 radical (unpaired) electrons. The van der Waals surface area contributed by atoms with Gasteiger partial charge in [-0.15, -0.1) is 0 Å². The Balaban J connectivity index is 1.90. The number of benzene rings is 3. The molecule has 0 aliphatic heterocycles. The van der Waals surface area contributed by atoms with Gasteiger partial charge in [0.1, 0.15) is 17.1 Å². The summed E-state index contributed by atoms with van der Waals surface area (Å²) in [5.41, 5.74) is 3.46. The maximum Gasteiger partial charge on any atom is 0.376 e. The van der Waals surface area contributed by atoms with E-state index in [1.54, 1.807) is 31.4 Å². The van der Waals surface area contributed by atoms with Crippen molar-refractivity contribution in [2.24, 2.45) is 0 Å². The third-order valence-corrected chi connectivity index (χ3v) is 4.73. The maximum atomic E-state index is 13.3. The van der Waals surface area contributed by atoms with E-state index < -0.39 is 0 Å². The average Bonchev–Trinajstić information content (AvgIpc) is 2.79. The molecule has 0 fully saturated rings. The van der Waals surface area contributed by atoms with E-state index in [0.29, 0.717) is 22.6 Å². The summed E-state index contributed by atoms with van der Waals surface area (Å²) in [5.74, 6) is 1.09. The van der Waals surface area contributed by atoms with Crippen LogP contribution in [0.3, 0.4) is 0 Å². The van der Waals surface area contributed by atoms with Crippen molar-refractivity contribution in [2.45, 2.75) is 0 Å². The number of methoxy groups -OCH3 is 1. The summed E-state index contributed by atoms with van der Waals surface area (Å²) < 4.78 is 11.1. The predicted octanol–water partition coefficient (Wildman–Crippen LogP) is 3.51. The van der Waals surface area contributed by atoms with Crippen LogP contribution in [0.1, 0.15) is 15.9 Å². The second-order valence-electron chi connectivity index (χ2n) is 6.55. The van der Waals surface area contributed by atoms with Gasteiger partial charge in [-0.3, -0.25) is 4.79 Å². The molecule has 0 aliphatic carbocycles. The highest BCUT2D eigenvalue weighted by Crippen LogP contribution is 2.29. The number of hydrogen-bond donors (Lipinski definition) is 1. The van der Waals surface area contributed by atoms with E-state index >= 15 is 0 Å². The molecule has 3 aromatic carbocycles. The van der Waals surface area contributed by atoms with Crippen molar-refractivity contribution in [3.05, 3.63) is 108 Å². The number of rotatable bonds is 5. The largest absolute Gasteiger partial charge is 0.497 e. The monoisotopic (exact) mass is 382 g/mol. The minimum atomic E-state index is -0.202. The fraction of sp³-hybridized carbons (Fsp3) is 0.0400. The van der Waals surface area contributed by atoms with Crippen molar-refractivity contribution >= 4 is 5.78 Å². The van der Waals surface area contributed by atoms with Crippen molar-refractivity contribution in [3.8, 4) is 28.2 Å². The zero-order valence-corrected chi connectivity index (χ0v) is 16.0. The molecule has 2 N–H and O–H groups in total. The van der Waals surface area contributed by atoms with E-state index in [1.165, 1.54) is 0 Å². The fourth-order valence-corrected chi connectivity index (χ4v) is 3.25. The molecule has 1 heterocycles. The van der Waals surface area contributed by atoms with Gasteiger partial charge in [-0.2, -0.15) is 0 Å². The first-order valence-electron chi connectivity index (χ1n) is 9.23. The van der Waals surface area contributed by atoms with Crippen LogP contribution in [-0.4, -0.2) is 12.9 Å². The van der Waals surface area contributed by atoms with Crippen LogP contribution < -0.4 is 15.7 Å². The average molecular weight is 382 g/mol. The molecular weight excluding hydrogens is 362 g/mol. The van der Waals surface area contributed by atoms with Crippen LogP contribution in [0.25, 0.3) is 22.5 Å². The molecule has 0 atom stereocenters. The zero-order chi connectivity index (χ0) is 20.2. The molecule has 0 saturated heterocycles. The Morgan fingerprint density at radius 3 is 2.00 bits per heavy atom. The Kier molecular flexibility index (Phi) is 5.08. The number of ether oxygens (including phenoxy) is 1. The zero-order valence-electron chi connectivity index (χ0n) is 16.0. The van der Waals surface area contributed by atoms with Gasteiger partial charge in [0.25, 0.3) is 0 Å². The van der Waals surface area contributed by atoms with Gasteiger partial charge in [0.15, 0.2) is 0 Å². The first-order valence-corrected chi connectivity index (χ1v) is 9.23. The minimum Gasteiger partial charge on any atom is -0.497 e. The second kappa shape index (κ2) is 7.98. The van der Waals surface area contributed by atoms with Crippen LogP contribution in [0.5, 0.6) is 5.75 Å². The molecule has 4 heteroatoms. The predicted molar refractivity (Wildman–Crippen MR) is 111 cm³/mol. The molecule has 29 heavy (non-hydrogen) atoms. The first kappa shape index (κ1) is 18.4. The lowest BCUT2D eigenvalue weighted by atomic mass is 9.94. The molecule has 0 aliphatic rings. The molecular formula is C25H20NO3+. The van der Waals surface area contributed by atoms with Crippen LogP contribution in [0.2, 0.25) is 0 Å². The minimum absolute atomic E-state index is 0.0889. The van der Waals surface area contributed by atoms with Gasteiger partial charge in [0.05, 0.1) is 7.11 Å². The van der Waals surface area contributed by atoms with Crippen molar-refractivity contribution < 1.29 is 19.4 Å². The molecule has 0 amide bonds. The van der Waals surface area contributed by atoms with E-state index in [2.05, 4.69) is 0 Å². The third kappa shape index (κ3) is 3.73. The van der Waals surface area contributed by atoms with Gasteiger partial charge in [0, 0.05) is 16.7 Å². The van der Waals surface area contributed by atoms with Crippen LogP contribution in [0.4, 0.5) is 0 Å². The summed E-state index contributed by atoms with van der Waals surface area (Å²) in [6.07, 6.45) is 0. The number of ketones is 1. The van der Waals surface area contributed by atoms with E-state index in [9.17, 15) is 4.79 Å². The molecule has 0 unspecified atom stereocenters. The Morgan fingerprint density at radius 2 is 1.41 bits per heavy atom. The summed E-state index contributed by atoms with van der Waals surface area (Å²) in [5, 5.41) is 6.28.